The molecule has 4 rings (SSSR count). The molecule has 2 heterocycles. The summed E-state index contributed by atoms with van der Waals surface area (Å²) in [4.78, 5) is 21.3. The second kappa shape index (κ2) is 11.6. The van der Waals surface area contributed by atoms with Gasteiger partial charge in [0.2, 0.25) is 0 Å². The zero-order valence-corrected chi connectivity index (χ0v) is 20.8. The molecule has 1 aliphatic heterocycles. The van der Waals surface area contributed by atoms with Crippen LogP contribution in [0.1, 0.15) is 29.3 Å². The molecular formula is C24H27Cl2N5O4. The van der Waals surface area contributed by atoms with Crippen molar-refractivity contribution in [3.63, 3.8) is 0 Å². The molecule has 0 spiro atoms. The fraction of sp³-hybridized carbons (Fsp3) is 0.208. The lowest BCUT2D eigenvalue weighted by molar-refractivity contribution is 0.0360. The number of nitrogen functional groups attached to an aromatic ring is 2. The average Bonchev–Trinajstić information content (AvgIpc) is 2.80. The van der Waals surface area contributed by atoms with E-state index in [0.29, 0.717) is 40.7 Å². The van der Waals surface area contributed by atoms with Gasteiger partial charge in [-0.1, -0.05) is 5.16 Å². The first-order valence-electron chi connectivity index (χ1n) is 10.3. The second-order valence-electron chi connectivity index (χ2n) is 7.94. The second-order valence-corrected chi connectivity index (χ2v) is 7.94. The van der Waals surface area contributed by atoms with Gasteiger partial charge >= 0.3 is 0 Å². The molecule has 2 aromatic carbocycles. The number of rotatable bonds is 6. The number of hydrogen-bond acceptors (Lipinski definition) is 8. The minimum atomic E-state index is -0.657. The van der Waals surface area contributed by atoms with Crippen molar-refractivity contribution in [2.24, 2.45) is 5.16 Å². The van der Waals surface area contributed by atoms with Gasteiger partial charge in [-0.05, 0) is 61.5 Å². The summed E-state index contributed by atoms with van der Waals surface area (Å²) in [5, 5.41) is 6.97. The molecular weight excluding hydrogens is 493 g/mol. The lowest BCUT2D eigenvalue weighted by Crippen LogP contribution is -2.44. The zero-order chi connectivity index (χ0) is 23.4. The third-order valence-electron chi connectivity index (χ3n) is 5.12. The van der Waals surface area contributed by atoms with Crippen molar-refractivity contribution in [3.8, 4) is 11.5 Å². The van der Waals surface area contributed by atoms with Gasteiger partial charge in [0, 0.05) is 29.6 Å². The van der Waals surface area contributed by atoms with E-state index < -0.39 is 5.60 Å². The number of fused-ring (bicyclic) bond motifs is 1. The molecule has 0 aliphatic carbocycles. The number of nitrogens with zero attached hydrogens (tertiary/aromatic N) is 2. The van der Waals surface area contributed by atoms with Crippen molar-refractivity contribution >= 4 is 53.6 Å². The van der Waals surface area contributed by atoms with E-state index in [0.717, 1.165) is 11.3 Å². The number of ether oxygens (including phenoxy) is 2. The number of halogens is 2. The molecule has 0 saturated carbocycles. The van der Waals surface area contributed by atoms with Crippen molar-refractivity contribution in [3.05, 3.63) is 71.9 Å². The first kappa shape index (κ1) is 27.6. The molecule has 0 fully saturated rings. The molecule has 5 N–H and O–H groups in total. The molecule has 1 atom stereocenters. The SMILES string of the molecule is CO/N=C1\CC(C)(COc2ccc(NC(=O)c3ccc(N)nc3)cc2)Oc2ccc(N)cc21.Cl.Cl. The lowest BCUT2D eigenvalue weighted by atomic mass is 9.91. The van der Waals surface area contributed by atoms with Crippen LogP contribution in [-0.4, -0.2) is 35.9 Å². The Morgan fingerprint density at radius 1 is 1.14 bits per heavy atom. The molecule has 35 heavy (non-hydrogen) atoms. The Hall–Kier alpha value is -3.69. The van der Waals surface area contributed by atoms with Crippen molar-refractivity contribution in [2.45, 2.75) is 18.9 Å². The smallest absolute Gasteiger partial charge is 0.257 e. The van der Waals surface area contributed by atoms with Gasteiger partial charge in [-0.3, -0.25) is 4.79 Å². The molecule has 0 bridgehead atoms. The van der Waals surface area contributed by atoms with Gasteiger partial charge in [-0.2, -0.15) is 0 Å². The highest BCUT2D eigenvalue weighted by Crippen LogP contribution is 2.35. The van der Waals surface area contributed by atoms with Crippen molar-refractivity contribution < 1.29 is 19.1 Å². The fourth-order valence-corrected chi connectivity index (χ4v) is 3.50. The first-order valence-corrected chi connectivity index (χ1v) is 10.3. The van der Waals surface area contributed by atoms with Crippen LogP contribution in [0, 0.1) is 0 Å². The molecule has 1 aliphatic rings. The third kappa shape index (κ3) is 6.68. The number of benzene rings is 2. The van der Waals surface area contributed by atoms with Crippen LogP contribution < -0.4 is 26.3 Å². The van der Waals surface area contributed by atoms with E-state index >= 15 is 0 Å². The maximum atomic E-state index is 12.3. The Morgan fingerprint density at radius 3 is 2.54 bits per heavy atom. The van der Waals surface area contributed by atoms with Crippen LogP contribution in [0.3, 0.4) is 0 Å². The van der Waals surface area contributed by atoms with E-state index in [1.807, 2.05) is 19.1 Å². The largest absolute Gasteiger partial charge is 0.489 e. The molecule has 9 nitrogen and oxygen atoms in total. The van der Waals surface area contributed by atoms with E-state index in [9.17, 15) is 4.79 Å². The van der Waals surface area contributed by atoms with Crippen LogP contribution in [0.5, 0.6) is 11.5 Å². The van der Waals surface area contributed by atoms with Crippen LogP contribution in [0.15, 0.2) is 65.9 Å². The average molecular weight is 520 g/mol. The summed E-state index contributed by atoms with van der Waals surface area (Å²) in [7, 11) is 1.51. The van der Waals surface area contributed by atoms with Crippen LogP contribution in [0.4, 0.5) is 17.2 Å². The highest BCUT2D eigenvalue weighted by atomic mass is 35.5. The maximum Gasteiger partial charge on any atom is 0.257 e. The summed E-state index contributed by atoms with van der Waals surface area (Å²) in [6, 6.07) is 15.7. The number of aromatic nitrogens is 1. The highest BCUT2D eigenvalue weighted by molar-refractivity contribution is 6.05. The van der Waals surface area contributed by atoms with Gasteiger partial charge in [0.05, 0.1) is 11.3 Å². The standard InChI is InChI=1S/C24H25N5O4.2ClH/c1-24(12-20(29-31-2)19-11-16(25)4-9-21(19)33-24)14-32-18-7-5-17(6-8-18)28-23(30)15-3-10-22(26)27-13-15;;/h3-11,13H,12,14,25H2,1-2H3,(H2,26,27)(H,28,30);2*1H/b29-20+;;. The van der Waals surface area contributed by atoms with Gasteiger partial charge in [0.15, 0.2) is 0 Å². The third-order valence-corrected chi connectivity index (χ3v) is 5.12. The number of amides is 1. The number of carbonyl (C=O) groups is 1. The van der Waals surface area contributed by atoms with Crippen LogP contribution >= 0.6 is 24.8 Å². The highest BCUT2D eigenvalue weighted by Gasteiger charge is 2.37. The summed E-state index contributed by atoms with van der Waals surface area (Å²) >= 11 is 0. The van der Waals surface area contributed by atoms with Crippen LogP contribution in [0.2, 0.25) is 0 Å². The van der Waals surface area contributed by atoms with Gasteiger partial charge < -0.3 is 31.1 Å². The summed E-state index contributed by atoms with van der Waals surface area (Å²) in [5.74, 6) is 1.40. The van der Waals surface area contributed by atoms with Crippen LogP contribution in [0.25, 0.3) is 0 Å². The summed E-state index contributed by atoms with van der Waals surface area (Å²) < 4.78 is 12.2. The van der Waals surface area contributed by atoms with E-state index in [1.54, 1.807) is 42.5 Å². The molecule has 1 aromatic heterocycles. The van der Waals surface area contributed by atoms with Crippen molar-refractivity contribution in [2.75, 3.05) is 30.5 Å². The number of nitrogens with two attached hydrogens (primary N) is 2. The number of anilines is 3. The normalized spacial score (nSPS) is 17.1. The minimum Gasteiger partial charge on any atom is -0.489 e. The van der Waals surface area contributed by atoms with Crippen molar-refractivity contribution in [1.82, 2.24) is 4.98 Å². The maximum absolute atomic E-state index is 12.3. The molecule has 11 heteroatoms. The Labute approximate surface area is 215 Å². The Bertz CT molecular complexity index is 1190. The van der Waals surface area contributed by atoms with Gasteiger partial charge in [-0.25, -0.2) is 4.98 Å². The number of pyridine rings is 1. The Morgan fingerprint density at radius 2 is 1.89 bits per heavy atom. The number of nitrogens with one attached hydrogen (secondary N) is 1. The van der Waals surface area contributed by atoms with Gasteiger partial charge in [0.25, 0.3) is 5.91 Å². The van der Waals surface area contributed by atoms with E-state index in [1.165, 1.54) is 13.3 Å². The number of oxime groups is 1. The van der Waals surface area contributed by atoms with Crippen LogP contribution in [-0.2, 0) is 4.84 Å². The Kier molecular flexibility index (Phi) is 9.16. The fourth-order valence-electron chi connectivity index (χ4n) is 3.50. The first-order chi connectivity index (χ1) is 15.8. The predicted molar refractivity (Wildman–Crippen MR) is 141 cm³/mol. The minimum absolute atomic E-state index is 0. The number of carbonyl (C=O) groups excluding carboxylic acids is 1. The summed E-state index contributed by atoms with van der Waals surface area (Å²) in [5.41, 5.74) is 14.0. The molecule has 3 aromatic rings. The summed E-state index contributed by atoms with van der Waals surface area (Å²) in [6.45, 7) is 2.23. The van der Waals surface area contributed by atoms with E-state index in [2.05, 4.69) is 15.5 Å². The molecule has 0 saturated heterocycles. The monoisotopic (exact) mass is 519 g/mol. The van der Waals surface area contributed by atoms with Gasteiger partial charge in [-0.15, -0.1) is 24.8 Å². The Balaban J connectivity index is 0.00000216. The predicted octanol–water partition coefficient (Wildman–Crippen LogP) is 4.31. The molecule has 186 valence electrons. The summed E-state index contributed by atoms with van der Waals surface area (Å²) in [6.07, 6.45) is 1.92. The zero-order valence-electron chi connectivity index (χ0n) is 19.2. The topological polar surface area (TPSA) is 134 Å². The molecule has 1 unspecified atom stereocenters. The molecule has 1 amide bonds. The van der Waals surface area contributed by atoms with Gasteiger partial charge in [0.1, 0.15) is 36.6 Å². The molecule has 0 radical (unpaired) electrons. The quantitative estimate of drug-likeness (QED) is 0.326. The van der Waals surface area contributed by atoms with Crippen molar-refractivity contribution in [1.29, 1.82) is 0 Å². The van der Waals surface area contributed by atoms with E-state index in [-0.39, 0.29) is 37.3 Å². The lowest BCUT2D eigenvalue weighted by Gasteiger charge is -2.35. The van der Waals surface area contributed by atoms with E-state index in [4.69, 9.17) is 25.8 Å². The number of hydrogen-bond donors (Lipinski definition) is 3.